The number of Topliss-reactive ketones (excluding diaryl/α,β-unsaturated/α-hetero) is 1. The molecule has 130 valence electrons. The molecule has 0 saturated heterocycles. The fraction of sp³-hybridized carbons (Fsp3) is 0.450. The highest BCUT2D eigenvalue weighted by Gasteiger charge is 2.63. The second-order valence-corrected chi connectivity index (χ2v) is 7.07. The van der Waals surface area contributed by atoms with Crippen LogP contribution in [0.2, 0.25) is 0 Å². The molecule has 0 spiro atoms. The largest absolute Gasteiger partial charge is 0.469 e. The van der Waals surface area contributed by atoms with E-state index in [1.165, 1.54) is 7.11 Å². The Labute approximate surface area is 146 Å². The van der Waals surface area contributed by atoms with Gasteiger partial charge in [0.1, 0.15) is 0 Å². The van der Waals surface area contributed by atoms with E-state index < -0.39 is 17.8 Å². The molecule has 2 saturated carbocycles. The lowest BCUT2D eigenvalue weighted by molar-refractivity contribution is -0.165. The molecule has 2 bridgehead atoms. The molecule has 1 aromatic rings. The van der Waals surface area contributed by atoms with Gasteiger partial charge in [-0.15, -0.1) is 0 Å². The summed E-state index contributed by atoms with van der Waals surface area (Å²) in [6.07, 6.45) is 5.14. The van der Waals surface area contributed by atoms with Crippen LogP contribution in [0.25, 0.3) is 0 Å². The smallest absolute Gasteiger partial charge is 0.310 e. The summed E-state index contributed by atoms with van der Waals surface area (Å²) in [5.41, 5.74) is 0.507. The van der Waals surface area contributed by atoms with Gasteiger partial charge in [0.2, 0.25) is 0 Å². The molecule has 4 aliphatic rings. The van der Waals surface area contributed by atoms with Crippen LogP contribution in [0.4, 0.5) is 0 Å². The number of rotatable bonds is 5. The minimum absolute atomic E-state index is 0.0124. The molecule has 6 atom stereocenters. The Morgan fingerprint density at radius 1 is 0.960 bits per heavy atom. The molecule has 5 rings (SSSR count). The monoisotopic (exact) mass is 340 g/mol. The Balaban J connectivity index is 1.48. The normalized spacial score (nSPS) is 34.1. The Morgan fingerprint density at radius 3 is 2.16 bits per heavy atom. The first kappa shape index (κ1) is 16.1. The standard InChI is InChI=1S/C20H20O5/c1-24-19(22)17-12-7-8-13(15-9-14(12)15)18(17)20(23)25-10-16(21)11-5-3-2-4-6-11/h2-8,12-15,17-18H,9-10H2,1H3/t12-,13-,14-,15-,17-,18+/m1/s1. The molecule has 0 unspecified atom stereocenters. The lowest BCUT2D eigenvalue weighted by atomic mass is 9.62. The third kappa shape index (κ3) is 2.68. The van der Waals surface area contributed by atoms with Gasteiger partial charge in [-0.2, -0.15) is 0 Å². The number of fused-ring (bicyclic) bond motifs is 1. The van der Waals surface area contributed by atoms with Crippen LogP contribution in [-0.2, 0) is 19.1 Å². The number of ketones is 1. The van der Waals surface area contributed by atoms with Gasteiger partial charge in [0.05, 0.1) is 18.9 Å². The van der Waals surface area contributed by atoms with E-state index in [4.69, 9.17) is 9.47 Å². The molecule has 0 aliphatic heterocycles. The first-order valence-electron chi connectivity index (χ1n) is 8.63. The number of hydrogen-bond acceptors (Lipinski definition) is 5. The lowest BCUT2D eigenvalue weighted by Crippen LogP contribution is -2.47. The van der Waals surface area contributed by atoms with Crippen molar-refractivity contribution in [2.45, 2.75) is 6.42 Å². The Hall–Kier alpha value is -2.43. The van der Waals surface area contributed by atoms with Crippen molar-refractivity contribution in [3.63, 3.8) is 0 Å². The van der Waals surface area contributed by atoms with Gasteiger partial charge >= 0.3 is 11.9 Å². The Bertz CT molecular complexity index is 738. The van der Waals surface area contributed by atoms with E-state index in [0.29, 0.717) is 17.4 Å². The summed E-state index contributed by atoms with van der Waals surface area (Å²) in [5, 5.41) is 0. The summed E-state index contributed by atoms with van der Waals surface area (Å²) in [5.74, 6) is -1.12. The predicted octanol–water partition coefficient (Wildman–Crippen LogP) is 2.27. The van der Waals surface area contributed by atoms with Gasteiger partial charge in [0.15, 0.2) is 12.4 Å². The van der Waals surface area contributed by atoms with Gasteiger partial charge < -0.3 is 9.47 Å². The van der Waals surface area contributed by atoms with E-state index in [0.717, 1.165) is 6.42 Å². The zero-order chi connectivity index (χ0) is 17.6. The van der Waals surface area contributed by atoms with E-state index in [9.17, 15) is 14.4 Å². The summed E-state index contributed by atoms with van der Waals surface area (Å²) in [7, 11) is 1.35. The van der Waals surface area contributed by atoms with Crippen LogP contribution in [0.5, 0.6) is 0 Å². The first-order chi connectivity index (χ1) is 12.1. The topological polar surface area (TPSA) is 69.7 Å². The summed E-state index contributed by atoms with van der Waals surface area (Å²) in [4.78, 5) is 37.1. The van der Waals surface area contributed by atoms with Gasteiger partial charge in [0.25, 0.3) is 0 Å². The van der Waals surface area contributed by atoms with E-state index in [1.807, 2.05) is 12.1 Å². The van der Waals surface area contributed by atoms with Crippen molar-refractivity contribution in [2.75, 3.05) is 13.7 Å². The lowest BCUT2D eigenvalue weighted by Gasteiger charge is -2.41. The van der Waals surface area contributed by atoms with Crippen LogP contribution in [-0.4, -0.2) is 31.4 Å². The molecule has 0 N–H and O–H groups in total. The fourth-order valence-corrected chi connectivity index (χ4v) is 4.60. The molecule has 1 aromatic carbocycles. The maximum Gasteiger partial charge on any atom is 0.310 e. The summed E-state index contributed by atoms with van der Waals surface area (Å²) in [6.45, 7) is -0.303. The summed E-state index contributed by atoms with van der Waals surface area (Å²) < 4.78 is 10.2. The molecule has 5 nitrogen and oxygen atoms in total. The molecule has 2 fully saturated rings. The average Bonchev–Trinajstić information content (AvgIpc) is 3.47. The second-order valence-electron chi connectivity index (χ2n) is 7.07. The quantitative estimate of drug-likeness (QED) is 0.467. The molecule has 0 amide bonds. The number of hydrogen-bond donors (Lipinski definition) is 0. The number of methoxy groups -OCH3 is 1. The van der Waals surface area contributed by atoms with Crippen molar-refractivity contribution in [1.82, 2.24) is 0 Å². The number of carbonyl (C=O) groups is 3. The number of allylic oxidation sites excluding steroid dienone is 2. The predicted molar refractivity (Wildman–Crippen MR) is 88.4 cm³/mol. The minimum atomic E-state index is -0.547. The number of benzene rings is 1. The van der Waals surface area contributed by atoms with Crippen LogP contribution < -0.4 is 0 Å². The Kier molecular flexibility index (Phi) is 3.94. The second kappa shape index (κ2) is 6.14. The van der Waals surface area contributed by atoms with Crippen molar-refractivity contribution in [1.29, 1.82) is 0 Å². The van der Waals surface area contributed by atoms with Crippen LogP contribution in [0.1, 0.15) is 16.8 Å². The van der Waals surface area contributed by atoms with Crippen molar-refractivity contribution in [3.05, 3.63) is 48.0 Å². The zero-order valence-electron chi connectivity index (χ0n) is 14.0. The maximum atomic E-state index is 12.7. The average molecular weight is 340 g/mol. The highest BCUT2D eigenvalue weighted by molar-refractivity contribution is 5.98. The molecular formula is C20H20O5. The third-order valence-corrected chi connectivity index (χ3v) is 5.84. The molecule has 0 heterocycles. The molecule has 5 heteroatoms. The highest BCUT2D eigenvalue weighted by atomic mass is 16.5. The first-order valence-corrected chi connectivity index (χ1v) is 8.63. The van der Waals surface area contributed by atoms with Crippen molar-refractivity contribution in [2.24, 2.45) is 35.5 Å². The van der Waals surface area contributed by atoms with Gasteiger partial charge in [-0.05, 0) is 30.1 Å². The summed E-state index contributed by atoms with van der Waals surface area (Å²) in [6, 6.07) is 8.73. The van der Waals surface area contributed by atoms with Gasteiger partial charge in [-0.3, -0.25) is 14.4 Å². The molecule has 0 aromatic heterocycles. The highest BCUT2D eigenvalue weighted by Crippen LogP contribution is 2.63. The molecular weight excluding hydrogens is 320 g/mol. The maximum absolute atomic E-state index is 12.7. The van der Waals surface area contributed by atoms with Crippen LogP contribution in [0, 0.1) is 35.5 Å². The van der Waals surface area contributed by atoms with Gasteiger partial charge in [0, 0.05) is 5.56 Å². The van der Waals surface area contributed by atoms with E-state index in [2.05, 4.69) is 6.08 Å². The van der Waals surface area contributed by atoms with Gasteiger partial charge in [-0.1, -0.05) is 42.5 Å². The minimum Gasteiger partial charge on any atom is -0.469 e. The fourth-order valence-electron chi connectivity index (χ4n) is 4.60. The van der Waals surface area contributed by atoms with E-state index >= 15 is 0 Å². The van der Waals surface area contributed by atoms with Crippen molar-refractivity contribution in [3.8, 4) is 0 Å². The van der Waals surface area contributed by atoms with E-state index in [-0.39, 0.29) is 30.2 Å². The number of esters is 2. The van der Waals surface area contributed by atoms with Crippen LogP contribution >= 0.6 is 0 Å². The van der Waals surface area contributed by atoms with Crippen LogP contribution in [0.3, 0.4) is 0 Å². The molecule has 0 radical (unpaired) electrons. The summed E-state index contributed by atoms with van der Waals surface area (Å²) >= 11 is 0. The third-order valence-electron chi connectivity index (χ3n) is 5.84. The van der Waals surface area contributed by atoms with Crippen molar-refractivity contribution >= 4 is 17.7 Å². The molecule has 25 heavy (non-hydrogen) atoms. The van der Waals surface area contributed by atoms with Crippen LogP contribution in [0.15, 0.2) is 42.5 Å². The molecule has 4 aliphatic carbocycles. The van der Waals surface area contributed by atoms with Gasteiger partial charge in [-0.25, -0.2) is 0 Å². The number of carbonyl (C=O) groups excluding carboxylic acids is 3. The van der Waals surface area contributed by atoms with Crippen molar-refractivity contribution < 1.29 is 23.9 Å². The number of ether oxygens (including phenoxy) is 2. The van der Waals surface area contributed by atoms with E-state index in [1.54, 1.807) is 24.3 Å². The Morgan fingerprint density at radius 2 is 1.56 bits per heavy atom. The zero-order valence-corrected chi connectivity index (χ0v) is 14.0. The SMILES string of the molecule is COC(=O)[C@@H]1[C@@H]2C=C[C@H]([C@H]3C[C@H]23)[C@@H]1C(=O)OCC(=O)c1ccccc1.